The van der Waals surface area contributed by atoms with E-state index in [9.17, 15) is 13.2 Å². The quantitative estimate of drug-likeness (QED) is 0.784. The van der Waals surface area contributed by atoms with E-state index in [4.69, 9.17) is 0 Å². The second kappa shape index (κ2) is 8.22. The molecule has 142 valence electrons. The molecule has 7 heteroatoms. The van der Waals surface area contributed by atoms with Crippen molar-refractivity contribution < 1.29 is 13.2 Å². The van der Waals surface area contributed by atoms with Gasteiger partial charge in [-0.1, -0.05) is 24.3 Å². The average Bonchev–Trinajstić information content (AvgIpc) is 3.04. The highest BCUT2D eigenvalue weighted by Crippen LogP contribution is 2.24. The van der Waals surface area contributed by atoms with Crippen LogP contribution in [-0.4, -0.2) is 65.3 Å². The molecule has 0 aliphatic carbocycles. The first kappa shape index (κ1) is 18.9. The second-order valence-corrected chi connectivity index (χ2v) is 6.93. The Kier molecular flexibility index (Phi) is 5.98. The summed E-state index contributed by atoms with van der Waals surface area (Å²) in [6, 6.07) is 6.51. The minimum atomic E-state index is -4.18. The average molecular weight is 366 g/mol. The van der Waals surface area contributed by atoms with E-state index in [1.165, 1.54) is 12.1 Å². The van der Waals surface area contributed by atoms with Gasteiger partial charge < -0.3 is 14.4 Å². The van der Waals surface area contributed by atoms with Crippen LogP contribution < -0.4 is 0 Å². The number of rotatable bonds is 6. The Bertz CT molecular complexity index is 686. The number of piperazine rings is 1. The van der Waals surface area contributed by atoms with Crippen LogP contribution in [0, 0.1) is 0 Å². The number of imidazole rings is 1. The number of nitrogens with zero attached hydrogens (tertiary/aromatic N) is 4. The number of hydrogen-bond acceptors (Lipinski definition) is 3. The van der Waals surface area contributed by atoms with Crippen LogP contribution in [0.25, 0.3) is 11.4 Å². The number of alkyl halides is 3. The summed E-state index contributed by atoms with van der Waals surface area (Å²) in [7, 11) is 2.15. The van der Waals surface area contributed by atoms with Crippen LogP contribution in [0.2, 0.25) is 0 Å². The van der Waals surface area contributed by atoms with Gasteiger partial charge in [0.1, 0.15) is 5.82 Å². The molecule has 1 aromatic carbocycles. The van der Waals surface area contributed by atoms with E-state index in [2.05, 4.69) is 26.4 Å². The molecule has 0 atom stereocenters. The molecule has 3 rings (SSSR count). The largest absolute Gasteiger partial charge is 0.393 e. The van der Waals surface area contributed by atoms with E-state index in [1.807, 2.05) is 6.20 Å². The molecular formula is C19H25F3N4. The maximum atomic E-state index is 12.5. The normalized spacial score (nSPS) is 16.9. The van der Waals surface area contributed by atoms with Crippen LogP contribution in [0.15, 0.2) is 36.7 Å². The lowest BCUT2D eigenvalue weighted by atomic mass is 10.1. The van der Waals surface area contributed by atoms with Crippen LogP contribution in [-0.2, 0) is 13.0 Å². The Morgan fingerprint density at radius 3 is 2.35 bits per heavy atom. The van der Waals surface area contributed by atoms with E-state index in [1.54, 1.807) is 18.3 Å². The Hall–Kier alpha value is -1.86. The molecular weight excluding hydrogens is 341 g/mol. The lowest BCUT2D eigenvalue weighted by Crippen LogP contribution is -2.44. The Labute approximate surface area is 152 Å². The van der Waals surface area contributed by atoms with Gasteiger partial charge >= 0.3 is 6.18 Å². The maximum Gasteiger partial charge on any atom is 0.393 e. The fraction of sp³-hybridized carbons (Fsp3) is 0.526. The highest BCUT2D eigenvalue weighted by molar-refractivity contribution is 5.56. The van der Waals surface area contributed by atoms with E-state index in [0.29, 0.717) is 0 Å². The first-order chi connectivity index (χ1) is 12.4. The molecule has 1 saturated heterocycles. The van der Waals surface area contributed by atoms with E-state index in [-0.39, 0.29) is 5.56 Å². The molecule has 1 fully saturated rings. The van der Waals surface area contributed by atoms with Crippen LogP contribution in [0.1, 0.15) is 12.0 Å². The predicted octanol–water partition coefficient (Wildman–Crippen LogP) is 3.29. The third kappa shape index (κ3) is 5.32. The fourth-order valence-corrected chi connectivity index (χ4v) is 3.29. The molecule has 0 spiro atoms. The molecule has 1 aliphatic rings. The van der Waals surface area contributed by atoms with Crippen molar-refractivity contribution in [3.05, 3.63) is 42.2 Å². The molecule has 0 unspecified atom stereocenters. The van der Waals surface area contributed by atoms with Crippen molar-refractivity contribution in [2.45, 2.75) is 25.6 Å². The van der Waals surface area contributed by atoms with Gasteiger partial charge in [0.25, 0.3) is 0 Å². The van der Waals surface area contributed by atoms with Gasteiger partial charge in [0, 0.05) is 50.7 Å². The van der Waals surface area contributed by atoms with Gasteiger partial charge in [-0.25, -0.2) is 4.98 Å². The van der Waals surface area contributed by atoms with Gasteiger partial charge in [-0.2, -0.15) is 13.2 Å². The van der Waals surface area contributed by atoms with E-state index < -0.39 is 12.6 Å². The minimum absolute atomic E-state index is 0.273. The van der Waals surface area contributed by atoms with Gasteiger partial charge in [0.2, 0.25) is 0 Å². The third-order valence-electron chi connectivity index (χ3n) is 4.80. The molecule has 1 aliphatic heterocycles. The van der Waals surface area contributed by atoms with Crippen molar-refractivity contribution >= 4 is 0 Å². The number of likely N-dealkylation sites (N-methyl/N-ethyl adjacent to an activating group) is 1. The predicted molar refractivity (Wildman–Crippen MR) is 96.0 cm³/mol. The van der Waals surface area contributed by atoms with Gasteiger partial charge in [-0.05, 0) is 25.6 Å². The monoisotopic (exact) mass is 366 g/mol. The molecule has 26 heavy (non-hydrogen) atoms. The zero-order valence-electron chi connectivity index (χ0n) is 15.0. The SMILES string of the molecule is CN1CCN(CCCn2ccnc2-c2ccc(CC(F)(F)F)cc2)CC1. The third-order valence-corrected chi connectivity index (χ3v) is 4.80. The molecule has 0 N–H and O–H groups in total. The smallest absolute Gasteiger partial charge is 0.331 e. The maximum absolute atomic E-state index is 12.5. The van der Waals surface area contributed by atoms with E-state index in [0.717, 1.165) is 57.1 Å². The number of benzene rings is 1. The molecule has 2 heterocycles. The Morgan fingerprint density at radius 1 is 1.00 bits per heavy atom. The molecule has 0 saturated carbocycles. The summed E-state index contributed by atoms with van der Waals surface area (Å²) in [6.45, 7) is 6.34. The van der Waals surface area contributed by atoms with Gasteiger partial charge in [0.15, 0.2) is 0 Å². The number of aryl methyl sites for hydroxylation is 1. The van der Waals surface area contributed by atoms with Crippen molar-refractivity contribution in [3.8, 4) is 11.4 Å². The highest BCUT2D eigenvalue weighted by atomic mass is 19.4. The highest BCUT2D eigenvalue weighted by Gasteiger charge is 2.27. The summed E-state index contributed by atoms with van der Waals surface area (Å²) in [5, 5.41) is 0. The summed E-state index contributed by atoms with van der Waals surface area (Å²) in [5.74, 6) is 0.807. The Morgan fingerprint density at radius 2 is 1.69 bits per heavy atom. The molecule has 0 bridgehead atoms. The molecule has 4 nitrogen and oxygen atoms in total. The van der Waals surface area contributed by atoms with Crippen LogP contribution in [0.5, 0.6) is 0 Å². The number of hydrogen-bond donors (Lipinski definition) is 0. The zero-order valence-corrected chi connectivity index (χ0v) is 15.0. The van der Waals surface area contributed by atoms with Crippen LogP contribution in [0.3, 0.4) is 0 Å². The molecule has 0 amide bonds. The van der Waals surface area contributed by atoms with Crippen LogP contribution >= 0.6 is 0 Å². The minimum Gasteiger partial charge on any atom is -0.331 e. The first-order valence-electron chi connectivity index (χ1n) is 8.99. The zero-order chi connectivity index (χ0) is 18.6. The lowest BCUT2D eigenvalue weighted by Gasteiger charge is -2.32. The standard InChI is InChI=1S/C19H25F3N4/c1-24-11-13-25(14-12-24)8-2-9-26-10-7-23-18(26)17-5-3-16(4-6-17)15-19(20,21)22/h3-7,10H,2,8-9,11-15H2,1H3. The molecule has 2 aromatic rings. The van der Waals surface area contributed by atoms with Crippen molar-refractivity contribution in [3.63, 3.8) is 0 Å². The van der Waals surface area contributed by atoms with Crippen molar-refractivity contribution in [2.24, 2.45) is 0 Å². The van der Waals surface area contributed by atoms with Crippen molar-refractivity contribution in [1.82, 2.24) is 19.4 Å². The Balaban J connectivity index is 1.56. The van der Waals surface area contributed by atoms with Gasteiger partial charge in [0.05, 0.1) is 6.42 Å². The van der Waals surface area contributed by atoms with E-state index >= 15 is 0 Å². The number of aromatic nitrogens is 2. The fourth-order valence-electron chi connectivity index (χ4n) is 3.29. The van der Waals surface area contributed by atoms with Crippen molar-refractivity contribution in [2.75, 3.05) is 39.8 Å². The van der Waals surface area contributed by atoms with Gasteiger partial charge in [-0.15, -0.1) is 0 Å². The van der Waals surface area contributed by atoms with Crippen molar-refractivity contribution in [1.29, 1.82) is 0 Å². The summed E-state index contributed by atoms with van der Waals surface area (Å²) in [5.41, 5.74) is 1.12. The molecule has 1 aromatic heterocycles. The molecule has 0 radical (unpaired) electrons. The second-order valence-electron chi connectivity index (χ2n) is 6.93. The van der Waals surface area contributed by atoms with Crippen LogP contribution in [0.4, 0.5) is 13.2 Å². The topological polar surface area (TPSA) is 24.3 Å². The summed E-state index contributed by atoms with van der Waals surface area (Å²) >= 11 is 0. The lowest BCUT2D eigenvalue weighted by molar-refractivity contribution is -0.127. The summed E-state index contributed by atoms with van der Waals surface area (Å²) < 4.78 is 39.5. The summed E-state index contributed by atoms with van der Waals surface area (Å²) in [4.78, 5) is 9.20. The number of halogens is 3. The van der Waals surface area contributed by atoms with Gasteiger partial charge in [-0.3, -0.25) is 0 Å². The first-order valence-corrected chi connectivity index (χ1v) is 8.99. The summed E-state index contributed by atoms with van der Waals surface area (Å²) in [6.07, 6.45) is -0.368.